The molecule has 2 N–H and O–H groups in total. The van der Waals surface area contributed by atoms with Crippen molar-refractivity contribution in [3.05, 3.63) is 95.1 Å². The van der Waals surface area contributed by atoms with E-state index in [1.165, 1.54) is 27.8 Å². The maximum atomic E-state index is 5.90. The monoisotopic (exact) mass is 457 g/mol. The molecule has 0 amide bonds. The van der Waals surface area contributed by atoms with Gasteiger partial charge < -0.3 is 15.3 Å². The van der Waals surface area contributed by atoms with Crippen LogP contribution in [0.1, 0.15) is 55.4 Å². The smallest absolute Gasteiger partial charge is 0.119 e. The van der Waals surface area contributed by atoms with Crippen LogP contribution in [0.25, 0.3) is 11.1 Å². The zero-order valence-corrected chi connectivity index (χ0v) is 20.5. The van der Waals surface area contributed by atoms with Crippen molar-refractivity contribution in [1.82, 2.24) is 0 Å². The van der Waals surface area contributed by atoms with Crippen LogP contribution in [0.4, 0.5) is 0 Å². The van der Waals surface area contributed by atoms with Gasteiger partial charge in [0.1, 0.15) is 18.1 Å². The number of allylic oxidation sites excluding steroid dienone is 1. The molecule has 0 fully saturated rings. The van der Waals surface area contributed by atoms with Crippen LogP contribution in [0.15, 0.2) is 83.1 Å². The van der Waals surface area contributed by atoms with E-state index in [0.717, 1.165) is 42.9 Å². The molecule has 0 radical (unpaired) electrons. The molecule has 3 aromatic carbocycles. The summed E-state index contributed by atoms with van der Waals surface area (Å²) in [5, 5.41) is 7.02. The molecule has 0 aliphatic carbocycles. The highest BCUT2D eigenvalue weighted by molar-refractivity contribution is 5.99. The van der Waals surface area contributed by atoms with Gasteiger partial charge in [-0.3, -0.25) is 0 Å². The number of hydrogen-bond acceptors (Lipinski definition) is 4. The molecule has 5 heteroatoms. The van der Waals surface area contributed by atoms with Gasteiger partial charge in [0.2, 0.25) is 0 Å². The average Bonchev–Trinajstić information content (AvgIpc) is 2.87. The van der Waals surface area contributed by atoms with E-state index in [1.54, 1.807) is 0 Å². The molecule has 0 saturated carbocycles. The Morgan fingerprint density at radius 1 is 0.824 bits per heavy atom. The van der Waals surface area contributed by atoms with Crippen LogP contribution >= 0.6 is 0 Å². The molecular weight excluding hydrogens is 422 g/mol. The van der Waals surface area contributed by atoms with Crippen LogP contribution in [-0.2, 0) is 0 Å². The molecule has 0 saturated heterocycles. The first-order valence-corrected chi connectivity index (χ1v) is 12.0. The van der Waals surface area contributed by atoms with E-state index in [0.29, 0.717) is 13.2 Å². The molecule has 0 bridgehead atoms. The molecule has 3 rings (SSSR count). The number of rotatable bonds is 12. The zero-order valence-electron chi connectivity index (χ0n) is 20.5. The van der Waals surface area contributed by atoms with E-state index in [2.05, 4.69) is 97.8 Å². The molecule has 0 aliphatic heterocycles. The van der Waals surface area contributed by atoms with Gasteiger partial charge in [0.05, 0.1) is 13.2 Å². The van der Waals surface area contributed by atoms with E-state index in [9.17, 15) is 0 Å². The predicted molar refractivity (Wildman–Crippen MR) is 140 cm³/mol. The van der Waals surface area contributed by atoms with E-state index < -0.39 is 0 Å². The summed E-state index contributed by atoms with van der Waals surface area (Å²) in [4.78, 5) is 0. The van der Waals surface area contributed by atoms with Crippen molar-refractivity contribution in [1.29, 1.82) is 0 Å². The number of unbranched alkanes of at least 4 members (excludes halogenated alkanes) is 1. The van der Waals surface area contributed by atoms with Gasteiger partial charge in [-0.05, 0) is 77.4 Å². The molecular formula is C29H35N3O2. The number of nitrogens with two attached hydrogens (primary N) is 1. The van der Waals surface area contributed by atoms with Gasteiger partial charge >= 0.3 is 0 Å². The summed E-state index contributed by atoms with van der Waals surface area (Å²) in [6.07, 6.45) is 3.09. The number of nitrogens with zero attached hydrogens (tertiary/aromatic N) is 2. The first kappa shape index (κ1) is 25.0. The third kappa shape index (κ3) is 6.70. The summed E-state index contributed by atoms with van der Waals surface area (Å²) in [7, 11) is 0. The number of ether oxygens (including phenoxy) is 2. The van der Waals surface area contributed by atoms with Gasteiger partial charge in [-0.15, -0.1) is 0 Å². The fourth-order valence-corrected chi connectivity index (χ4v) is 3.98. The van der Waals surface area contributed by atoms with Crippen LogP contribution in [0.5, 0.6) is 11.5 Å². The SMILES string of the molecule is CCCCOc1ccc(/C(=C(\CC)c2ccccc2)c2ccc(OCCN=NN)cc2C)cc1. The lowest BCUT2D eigenvalue weighted by Crippen LogP contribution is -2.02. The molecule has 5 nitrogen and oxygen atoms in total. The number of benzene rings is 3. The Morgan fingerprint density at radius 2 is 1.53 bits per heavy atom. The van der Waals surface area contributed by atoms with E-state index in [4.69, 9.17) is 15.3 Å². The quantitative estimate of drug-likeness (QED) is 0.102. The van der Waals surface area contributed by atoms with E-state index >= 15 is 0 Å². The molecule has 178 valence electrons. The summed E-state index contributed by atoms with van der Waals surface area (Å²) in [5.41, 5.74) is 7.28. The van der Waals surface area contributed by atoms with Crippen molar-refractivity contribution in [3.63, 3.8) is 0 Å². The fraction of sp³-hybridized carbons (Fsp3) is 0.310. The summed E-state index contributed by atoms with van der Waals surface area (Å²) in [6, 6.07) is 25.3. The Morgan fingerprint density at radius 3 is 2.18 bits per heavy atom. The normalized spacial score (nSPS) is 12.0. The second-order valence-electron chi connectivity index (χ2n) is 8.11. The lowest BCUT2D eigenvalue weighted by atomic mass is 9.86. The van der Waals surface area contributed by atoms with Gasteiger partial charge in [0.25, 0.3) is 0 Å². The molecule has 3 aromatic rings. The van der Waals surface area contributed by atoms with E-state index in [-0.39, 0.29) is 0 Å². The van der Waals surface area contributed by atoms with Crippen molar-refractivity contribution in [2.45, 2.75) is 40.0 Å². The summed E-state index contributed by atoms with van der Waals surface area (Å²) >= 11 is 0. The highest BCUT2D eigenvalue weighted by Gasteiger charge is 2.16. The second kappa shape index (κ2) is 13.2. The van der Waals surface area contributed by atoms with Crippen molar-refractivity contribution >= 4 is 11.1 Å². The fourth-order valence-electron chi connectivity index (χ4n) is 3.98. The lowest BCUT2D eigenvalue weighted by Gasteiger charge is -2.19. The molecule has 0 aromatic heterocycles. The molecule has 0 aliphatic rings. The van der Waals surface area contributed by atoms with Crippen molar-refractivity contribution in [2.24, 2.45) is 16.2 Å². The van der Waals surface area contributed by atoms with Crippen LogP contribution in [-0.4, -0.2) is 19.8 Å². The molecule has 34 heavy (non-hydrogen) atoms. The lowest BCUT2D eigenvalue weighted by molar-refractivity contribution is 0.309. The van der Waals surface area contributed by atoms with Gasteiger partial charge in [0, 0.05) is 0 Å². The average molecular weight is 458 g/mol. The highest BCUT2D eigenvalue weighted by Crippen LogP contribution is 2.37. The zero-order chi connectivity index (χ0) is 24.2. The van der Waals surface area contributed by atoms with E-state index in [1.807, 2.05) is 6.07 Å². The minimum Gasteiger partial charge on any atom is -0.494 e. The molecule has 0 atom stereocenters. The maximum Gasteiger partial charge on any atom is 0.119 e. The Balaban J connectivity index is 2.02. The van der Waals surface area contributed by atoms with Gasteiger partial charge in [-0.25, -0.2) is 0 Å². The maximum absolute atomic E-state index is 5.90. The molecule has 0 heterocycles. The number of aryl methyl sites for hydroxylation is 1. The Kier molecular flexibility index (Phi) is 9.71. The van der Waals surface area contributed by atoms with Gasteiger partial charge in [0.15, 0.2) is 0 Å². The molecule has 0 spiro atoms. The predicted octanol–water partition coefficient (Wildman–Crippen LogP) is 7.25. The van der Waals surface area contributed by atoms with Crippen molar-refractivity contribution < 1.29 is 9.47 Å². The topological polar surface area (TPSA) is 69.2 Å². The largest absolute Gasteiger partial charge is 0.494 e. The summed E-state index contributed by atoms with van der Waals surface area (Å²) in [5.74, 6) is 6.78. The van der Waals surface area contributed by atoms with Crippen molar-refractivity contribution in [3.8, 4) is 11.5 Å². The first-order valence-electron chi connectivity index (χ1n) is 12.0. The van der Waals surface area contributed by atoms with Crippen LogP contribution in [0.2, 0.25) is 0 Å². The Bertz CT molecular complexity index is 1090. The third-order valence-electron chi connectivity index (χ3n) is 5.70. The Hall–Kier alpha value is -3.60. The first-order chi connectivity index (χ1) is 16.7. The van der Waals surface area contributed by atoms with Crippen molar-refractivity contribution in [2.75, 3.05) is 19.8 Å². The Labute approximate surface area is 203 Å². The molecule has 0 unspecified atom stereocenters. The van der Waals surface area contributed by atoms with Gasteiger partial charge in [-0.1, -0.05) is 74.0 Å². The summed E-state index contributed by atoms with van der Waals surface area (Å²) in [6.45, 7) is 8.13. The minimum atomic E-state index is 0.434. The second-order valence-corrected chi connectivity index (χ2v) is 8.11. The summed E-state index contributed by atoms with van der Waals surface area (Å²) < 4.78 is 11.7. The minimum absolute atomic E-state index is 0.434. The van der Waals surface area contributed by atoms with Crippen LogP contribution in [0.3, 0.4) is 0 Å². The standard InChI is InChI=1S/C29H35N3O2/c1-4-6-19-33-25-14-12-24(13-15-25)29(27(5-2)23-10-8-7-9-11-23)28-17-16-26(21-22(28)3)34-20-18-31-32-30/h7-17,21H,4-6,18-20H2,1-3H3,(H2,30,31)/b29-27-. The third-order valence-corrected chi connectivity index (χ3v) is 5.70. The highest BCUT2D eigenvalue weighted by atomic mass is 16.5. The van der Waals surface area contributed by atoms with Crippen LogP contribution in [0, 0.1) is 6.92 Å². The number of hydrogen-bond donors (Lipinski definition) is 1. The van der Waals surface area contributed by atoms with Crippen LogP contribution < -0.4 is 15.3 Å². The van der Waals surface area contributed by atoms with Gasteiger partial charge in [-0.2, -0.15) is 5.11 Å².